The average Bonchev–Trinajstić information content (AvgIpc) is 3.15. The molecule has 0 saturated carbocycles. The molecule has 0 aliphatic heterocycles. The van der Waals surface area contributed by atoms with E-state index in [4.69, 9.17) is 16.0 Å². The van der Waals surface area contributed by atoms with Crippen molar-refractivity contribution in [3.63, 3.8) is 0 Å². The van der Waals surface area contributed by atoms with Crippen molar-refractivity contribution in [1.29, 1.82) is 0 Å². The van der Waals surface area contributed by atoms with Crippen molar-refractivity contribution in [2.45, 2.75) is 25.7 Å². The lowest BCUT2D eigenvalue weighted by Gasteiger charge is -2.06. The molecule has 5 heteroatoms. The maximum atomic E-state index is 13.7. The Morgan fingerprint density at radius 3 is 2.83 bits per heavy atom. The van der Waals surface area contributed by atoms with Crippen molar-refractivity contribution in [2.75, 3.05) is 5.32 Å². The van der Waals surface area contributed by atoms with E-state index in [-0.39, 0.29) is 18.0 Å². The van der Waals surface area contributed by atoms with Gasteiger partial charge in [0, 0.05) is 16.0 Å². The molecule has 122 valence electrons. The Labute approximate surface area is 143 Å². The van der Waals surface area contributed by atoms with Crippen molar-refractivity contribution < 1.29 is 13.6 Å². The molecule has 3 aromatic rings. The zero-order valence-corrected chi connectivity index (χ0v) is 13.6. The largest absolute Gasteiger partial charge is 0.464 e. The second-order valence-electron chi connectivity index (χ2n) is 6.08. The van der Waals surface area contributed by atoms with Gasteiger partial charge in [-0.05, 0) is 60.7 Å². The predicted octanol–water partition coefficient (Wildman–Crippen LogP) is 4.90. The highest BCUT2D eigenvalue weighted by Gasteiger charge is 2.17. The lowest BCUT2D eigenvalue weighted by molar-refractivity contribution is -0.115. The van der Waals surface area contributed by atoms with Gasteiger partial charge in [0.05, 0.1) is 18.4 Å². The van der Waals surface area contributed by atoms with Crippen molar-refractivity contribution >= 4 is 34.2 Å². The Balaban J connectivity index is 1.58. The fraction of sp³-hybridized carbons (Fsp3) is 0.211. The molecule has 1 aromatic heterocycles. The van der Waals surface area contributed by atoms with Gasteiger partial charge >= 0.3 is 0 Å². The van der Waals surface area contributed by atoms with Gasteiger partial charge in [-0.1, -0.05) is 11.6 Å². The molecule has 0 spiro atoms. The van der Waals surface area contributed by atoms with E-state index in [2.05, 4.69) is 17.4 Å². The molecule has 1 aliphatic carbocycles. The summed E-state index contributed by atoms with van der Waals surface area (Å²) in [5, 5.41) is 3.89. The van der Waals surface area contributed by atoms with Crippen molar-refractivity contribution in [3.05, 3.63) is 64.1 Å². The van der Waals surface area contributed by atoms with Gasteiger partial charge in [0.2, 0.25) is 5.91 Å². The number of hydrogen-bond donors (Lipinski definition) is 1. The van der Waals surface area contributed by atoms with Gasteiger partial charge in [-0.25, -0.2) is 4.39 Å². The van der Waals surface area contributed by atoms with E-state index in [0.29, 0.717) is 5.02 Å². The van der Waals surface area contributed by atoms with Crippen LogP contribution in [0.4, 0.5) is 10.1 Å². The number of aryl methyl sites for hydroxylation is 2. The number of amides is 1. The van der Waals surface area contributed by atoms with Crippen LogP contribution >= 0.6 is 11.6 Å². The molecule has 1 aliphatic rings. The van der Waals surface area contributed by atoms with E-state index in [1.165, 1.54) is 29.3 Å². The third-order valence-corrected chi connectivity index (χ3v) is 4.66. The van der Waals surface area contributed by atoms with Gasteiger partial charge in [0.25, 0.3) is 0 Å². The molecule has 24 heavy (non-hydrogen) atoms. The Bertz CT molecular complexity index is 948. The highest BCUT2D eigenvalue weighted by Crippen LogP contribution is 2.30. The van der Waals surface area contributed by atoms with Crippen LogP contribution in [0.2, 0.25) is 5.02 Å². The molecule has 0 saturated heterocycles. The second kappa shape index (κ2) is 5.95. The summed E-state index contributed by atoms with van der Waals surface area (Å²) in [5.41, 5.74) is 4.34. The first-order valence-electron chi connectivity index (χ1n) is 7.87. The first-order chi connectivity index (χ1) is 11.6. The van der Waals surface area contributed by atoms with Crippen LogP contribution in [-0.4, -0.2) is 5.91 Å². The summed E-state index contributed by atoms with van der Waals surface area (Å²) in [5.74, 6) is -0.818. The van der Waals surface area contributed by atoms with Gasteiger partial charge in [-0.3, -0.25) is 4.79 Å². The standard InChI is InChI=1S/C19H15ClFNO2/c20-14-4-5-16(21)17(9-14)22-19(23)8-13-10-24-18-7-12-3-1-2-11(12)6-15(13)18/h4-7,9-10H,1-3,8H2,(H,22,23). The molecule has 1 N–H and O–H groups in total. The normalized spacial score (nSPS) is 13.2. The van der Waals surface area contributed by atoms with Crippen LogP contribution in [-0.2, 0) is 24.1 Å². The molecule has 0 radical (unpaired) electrons. The topological polar surface area (TPSA) is 42.2 Å². The molecule has 4 rings (SSSR count). The molecule has 0 unspecified atom stereocenters. The van der Waals surface area contributed by atoms with Crippen LogP contribution < -0.4 is 5.32 Å². The molecule has 1 heterocycles. The van der Waals surface area contributed by atoms with Gasteiger partial charge < -0.3 is 9.73 Å². The highest BCUT2D eigenvalue weighted by atomic mass is 35.5. The molecule has 1 amide bonds. The Kier molecular flexibility index (Phi) is 3.77. The third-order valence-electron chi connectivity index (χ3n) is 4.42. The summed E-state index contributed by atoms with van der Waals surface area (Å²) in [6.07, 6.45) is 5.03. The summed E-state index contributed by atoms with van der Waals surface area (Å²) in [4.78, 5) is 12.3. The zero-order valence-electron chi connectivity index (χ0n) is 12.9. The SMILES string of the molecule is O=C(Cc1coc2cc3c(cc12)CCC3)Nc1cc(Cl)ccc1F. The van der Waals surface area contributed by atoms with Gasteiger partial charge in [-0.2, -0.15) is 0 Å². The van der Waals surface area contributed by atoms with E-state index in [0.717, 1.165) is 35.8 Å². The minimum Gasteiger partial charge on any atom is -0.464 e. The number of anilines is 1. The third kappa shape index (κ3) is 2.78. The number of rotatable bonds is 3. The van der Waals surface area contributed by atoms with Gasteiger partial charge in [-0.15, -0.1) is 0 Å². The number of benzene rings is 2. The molecule has 0 atom stereocenters. The molecule has 0 bridgehead atoms. The Hall–Kier alpha value is -2.33. The maximum Gasteiger partial charge on any atom is 0.229 e. The molecule has 3 nitrogen and oxygen atoms in total. The summed E-state index contributed by atoms with van der Waals surface area (Å²) in [7, 11) is 0. The van der Waals surface area contributed by atoms with Crippen molar-refractivity contribution in [3.8, 4) is 0 Å². The molecular formula is C19H15ClFNO2. The van der Waals surface area contributed by atoms with Crippen LogP contribution in [0.3, 0.4) is 0 Å². The van der Waals surface area contributed by atoms with Crippen molar-refractivity contribution in [1.82, 2.24) is 0 Å². The number of carbonyl (C=O) groups excluding carboxylic acids is 1. The maximum absolute atomic E-state index is 13.7. The van der Waals surface area contributed by atoms with E-state index in [9.17, 15) is 9.18 Å². The summed E-state index contributed by atoms with van der Waals surface area (Å²) in [6.45, 7) is 0. The lowest BCUT2D eigenvalue weighted by atomic mass is 10.0. The number of carbonyl (C=O) groups is 1. The zero-order chi connectivity index (χ0) is 16.7. The van der Waals surface area contributed by atoms with Crippen LogP contribution in [0.5, 0.6) is 0 Å². The van der Waals surface area contributed by atoms with E-state index >= 15 is 0 Å². The fourth-order valence-electron chi connectivity index (χ4n) is 3.25. The van der Waals surface area contributed by atoms with Crippen LogP contribution in [0, 0.1) is 5.82 Å². The van der Waals surface area contributed by atoms with E-state index in [1.54, 1.807) is 6.26 Å². The number of fused-ring (bicyclic) bond motifs is 2. The first-order valence-corrected chi connectivity index (χ1v) is 8.25. The number of nitrogens with one attached hydrogen (secondary N) is 1. The van der Waals surface area contributed by atoms with Gasteiger partial charge in [0.15, 0.2) is 0 Å². The molecule has 0 fully saturated rings. The number of halogens is 2. The summed E-state index contributed by atoms with van der Waals surface area (Å²) in [6, 6.07) is 8.25. The summed E-state index contributed by atoms with van der Waals surface area (Å²) >= 11 is 5.84. The Morgan fingerprint density at radius 1 is 1.21 bits per heavy atom. The highest BCUT2D eigenvalue weighted by molar-refractivity contribution is 6.30. The first kappa shape index (κ1) is 15.2. The summed E-state index contributed by atoms with van der Waals surface area (Å²) < 4.78 is 19.3. The van der Waals surface area contributed by atoms with Crippen LogP contribution in [0.15, 0.2) is 41.0 Å². The Morgan fingerprint density at radius 2 is 2.00 bits per heavy atom. The smallest absolute Gasteiger partial charge is 0.229 e. The second-order valence-corrected chi connectivity index (χ2v) is 6.52. The monoisotopic (exact) mass is 343 g/mol. The van der Waals surface area contributed by atoms with E-state index < -0.39 is 5.82 Å². The quantitative estimate of drug-likeness (QED) is 0.735. The molecule has 2 aromatic carbocycles. The average molecular weight is 344 g/mol. The van der Waals surface area contributed by atoms with Crippen molar-refractivity contribution in [2.24, 2.45) is 0 Å². The fourth-order valence-corrected chi connectivity index (χ4v) is 3.42. The number of furan rings is 1. The van der Waals surface area contributed by atoms with Gasteiger partial charge in [0.1, 0.15) is 11.4 Å². The van der Waals surface area contributed by atoms with Crippen LogP contribution in [0.25, 0.3) is 11.0 Å². The number of hydrogen-bond acceptors (Lipinski definition) is 2. The minimum atomic E-state index is -0.511. The van der Waals surface area contributed by atoms with E-state index in [1.807, 2.05) is 0 Å². The molecular weight excluding hydrogens is 329 g/mol. The van der Waals surface area contributed by atoms with Crippen LogP contribution in [0.1, 0.15) is 23.1 Å². The lowest BCUT2D eigenvalue weighted by Crippen LogP contribution is -2.15. The predicted molar refractivity (Wildman–Crippen MR) is 92.0 cm³/mol. The minimum absolute atomic E-state index is 0.0844.